The van der Waals surface area contributed by atoms with Crippen LogP contribution in [0.2, 0.25) is 0 Å². The first kappa shape index (κ1) is 19.1. The van der Waals surface area contributed by atoms with Gasteiger partial charge in [0.1, 0.15) is 23.2 Å². The summed E-state index contributed by atoms with van der Waals surface area (Å²) >= 11 is 0. The van der Waals surface area contributed by atoms with E-state index >= 15 is 0 Å². The molecular formula is C22H20N2O4. The molecule has 2 aromatic rings. The molecular weight excluding hydrogens is 356 g/mol. The quantitative estimate of drug-likeness (QED) is 0.788. The summed E-state index contributed by atoms with van der Waals surface area (Å²) < 4.78 is 10.7. The Labute approximate surface area is 163 Å². The van der Waals surface area contributed by atoms with Gasteiger partial charge in [-0.15, -0.1) is 0 Å². The third-order valence-corrected chi connectivity index (χ3v) is 4.55. The summed E-state index contributed by atoms with van der Waals surface area (Å²) in [4.78, 5) is 12.7. The zero-order chi connectivity index (χ0) is 20.3. The van der Waals surface area contributed by atoms with Crippen molar-refractivity contribution in [3.05, 3.63) is 76.9 Å². The first-order chi connectivity index (χ1) is 13.5. The second-order valence-corrected chi connectivity index (χ2v) is 6.25. The molecule has 0 spiro atoms. The molecule has 6 nitrogen and oxygen atoms in total. The van der Waals surface area contributed by atoms with E-state index in [-0.39, 0.29) is 29.4 Å². The van der Waals surface area contributed by atoms with Gasteiger partial charge in [-0.2, -0.15) is 5.26 Å². The molecule has 1 atom stereocenters. The molecule has 0 bridgehead atoms. The average Bonchev–Trinajstić information content (AvgIpc) is 2.68. The first-order valence-corrected chi connectivity index (χ1v) is 8.81. The van der Waals surface area contributed by atoms with Gasteiger partial charge in [0.05, 0.1) is 18.1 Å². The molecule has 1 aliphatic heterocycles. The number of hydrogen-bond donors (Lipinski definition) is 2. The monoisotopic (exact) mass is 376 g/mol. The van der Waals surface area contributed by atoms with Crippen molar-refractivity contribution in [2.45, 2.75) is 19.8 Å². The molecule has 0 amide bonds. The summed E-state index contributed by atoms with van der Waals surface area (Å²) in [6.07, 6.45) is 0. The molecule has 3 N–H and O–H groups in total. The number of esters is 1. The number of benzene rings is 2. The average molecular weight is 376 g/mol. The van der Waals surface area contributed by atoms with Crippen LogP contribution in [0.15, 0.2) is 71.3 Å². The second kappa shape index (κ2) is 7.89. The maximum atomic E-state index is 12.7. The summed E-state index contributed by atoms with van der Waals surface area (Å²) in [7, 11) is 0. The van der Waals surface area contributed by atoms with Gasteiger partial charge in [0.15, 0.2) is 0 Å². The van der Waals surface area contributed by atoms with E-state index in [4.69, 9.17) is 15.2 Å². The van der Waals surface area contributed by atoms with Crippen LogP contribution in [-0.2, 0) is 14.3 Å². The zero-order valence-electron chi connectivity index (χ0n) is 15.6. The van der Waals surface area contributed by atoms with E-state index in [9.17, 15) is 15.2 Å². The predicted molar refractivity (Wildman–Crippen MR) is 104 cm³/mol. The highest BCUT2D eigenvalue weighted by Crippen LogP contribution is 2.43. The lowest BCUT2D eigenvalue weighted by Gasteiger charge is -2.28. The summed E-state index contributed by atoms with van der Waals surface area (Å²) in [5.74, 6) is -0.843. The van der Waals surface area contributed by atoms with Gasteiger partial charge < -0.3 is 20.3 Å². The van der Waals surface area contributed by atoms with Gasteiger partial charge >= 0.3 is 5.97 Å². The number of rotatable bonds is 4. The van der Waals surface area contributed by atoms with Crippen molar-refractivity contribution in [1.29, 1.82) is 5.26 Å². The largest absolute Gasteiger partial charge is 0.508 e. The Morgan fingerprint density at radius 3 is 2.57 bits per heavy atom. The first-order valence-electron chi connectivity index (χ1n) is 8.81. The number of nitrogens with two attached hydrogens (primary N) is 1. The molecule has 2 aromatic carbocycles. The Morgan fingerprint density at radius 1 is 1.25 bits per heavy atom. The van der Waals surface area contributed by atoms with Gasteiger partial charge in [0, 0.05) is 0 Å². The number of allylic oxidation sites excluding steroid dienone is 2. The van der Waals surface area contributed by atoms with Gasteiger partial charge in [-0.25, -0.2) is 4.79 Å². The molecule has 28 heavy (non-hydrogen) atoms. The Hall–Kier alpha value is -3.72. The lowest BCUT2D eigenvalue weighted by atomic mass is 9.79. The van der Waals surface area contributed by atoms with E-state index in [1.54, 1.807) is 38.1 Å². The number of hydrogen-bond acceptors (Lipinski definition) is 6. The molecule has 1 unspecified atom stereocenters. The summed E-state index contributed by atoms with van der Waals surface area (Å²) in [5, 5.41) is 19.3. The van der Waals surface area contributed by atoms with E-state index in [1.165, 1.54) is 0 Å². The number of carbonyl (C=O) groups is 1. The van der Waals surface area contributed by atoms with Gasteiger partial charge in [0.2, 0.25) is 5.88 Å². The van der Waals surface area contributed by atoms with Crippen molar-refractivity contribution in [2.24, 2.45) is 5.73 Å². The van der Waals surface area contributed by atoms with Gasteiger partial charge in [-0.05, 0) is 42.7 Å². The van der Waals surface area contributed by atoms with Crippen LogP contribution in [0.5, 0.6) is 5.75 Å². The number of aromatic hydroxyl groups is 1. The van der Waals surface area contributed by atoms with Crippen molar-refractivity contribution < 1.29 is 19.4 Å². The number of carbonyl (C=O) groups excluding carboxylic acids is 1. The van der Waals surface area contributed by atoms with Crippen LogP contribution < -0.4 is 5.73 Å². The van der Waals surface area contributed by atoms with Crippen LogP contribution in [0.4, 0.5) is 0 Å². The van der Waals surface area contributed by atoms with Crippen LogP contribution in [-0.4, -0.2) is 17.7 Å². The molecule has 3 rings (SSSR count). The molecule has 0 aliphatic carbocycles. The van der Waals surface area contributed by atoms with E-state index < -0.39 is 11.9 Å². The highest BCUT2D eigenvalue weighted by Gasteiger charge is 2.37. The fourth-order valence-electron chi connectivity index (χ4n) is 3.32. The van der Waals surface area contributed by atoms with Crippen molar-refractivity contribution in [3.8, 4) is 22.9 Å². The van der Waals surface area contributed by atoms with Crippen LogP contribution in [0, 0.1) is 11.3 Å². The minimum absolute atomic E-state index is 0.0291. The van der Waals surface area contributed by atoms with Crippen molar-refractivity contribution in [2.75, 3.05) is 6.61 Å². The van der Waals surface area contributed by atoms with E-state index in [1.807, 2.05) is 24.3 Å². The minimum Gasteiger partial charge on any atom is -0.508 e. The molecule has 1 heterocycles. The normalized spacial score (nSPS) is 16.4. The van der Waals surface area contributed by atoms with E-state index in [0.29, 0.717) is 5.76 Å². The molecule has 1 aliphatic rings. The lowest BCUT2D eigenvalue weighted by Crippen LogP contribution is -2.25. The summed E-state index contributed by atoms with van der Waals surface area (Å²) in [6, 6.07) is 16.2. The van der Waals surface area contributed by atoms with Crippen LogP contribution in [0.25, 0.3) is 11.1 Å². The molecule has 6 heteroatoms. The minimum atomic E-state index is -0.720. The Balaban J connectivity index is 2.24. The Bertz CT molecular complexity index is 1010. The number of nitriles is 1. The number of phenols is 1. The van der Waals surface area contributed by atoms with Crippen LogP contribution >= 0.6 is 0 Å². The smallest absolute Gasteiger partial charge is 0.338 e. The van der Waals surface area contributed by atoms with Crippen molar-refractivity contribution >= 4 is 5.97 Å². The lowest BCUT2D eigenvalue weighted by molar-refractivity contribution is -0.139. The standard InChI is InChI=1S/C22H20N2O4/c1-3-27-22(26)19-13(2)28-21(24)18(12-23)20(19)17-7-5-4-6-16(17)14-8-10-15(25)11-9-14/h4-11,20,25H,3,24H2,1-2H3. The second-order valence-electron chi connectivity index (χ2n) is 6.25. The van der Waals surface area contributed by atoms with Crippen LogP contribution in [0.3, 0.4) is 0 Å². The van der Waals surface area contributed by atoms with Crippen LogP contribution in [0.1, 0.15) is 25.3 Å². The third kappa shape index (κ3) is 3.42. The third-order valence-electron chi connectivity index (χ3n) is 4.55. The summed E-state index contributed by atoms with van der Waals surface area (Å²) in [6.45, 7) is 3.54. The van der Waals surface area contributed by atoms with Gasteiger partial charge in [0.25, 0.3) is 0 Å². The predicted octanol–water partition coefficient (Wildman–Crippen LogP) is 3.70. The van der Waals surface area contributed by atoms with Crippen molar-refractivity contribution in [1.82, 2.24) is 0 Å². The maximum absolute atomic E-state index is 12.7. The summed E-state index contributed by atoms with van der Waals surface area (Å²) in [5.41, 5.74) is 8.73. The number of ether oxygens (including phenoxy) is 2. The highest BCUT2D eigenvalue weighted by atomic mass is 16.5. The topological polar surface area (TPSA) is 106 Å². The SMILES string of the molecule is CCOC(=O)C1=C(C)OC(N)=C(C#N)C1c1ccccc1-c1ccc(O)cc1. The van der Waals surface area contributed by atoms with E-state index in [2.05, 4.69) is 6.07 Å². The zero-order valence-corrected chi connectivity index (χ0v) is 15.6. The fourth-order valence-corrected chi connectivity index (χ4v) is 3.32. The van der Waals surface area contributed by atoms with Gasteiger partial charge in [-0.1, -0.05) is 36.4 Å². The molecule has 0 aromatic heterocycles. The van der Waals surface area contributed by atoms with Crippen molar-refractivity contribution in [3.63, 3.8) is 0 Å². The highest BCUT2D eigenvalue weighted by molar-refractivity contribution is 5.93. The van der Waals surface area contributed by atoms with Gasteiger partial charge in [-0.3, -0.25) is 0 Å². The molecule has 0 saturated carbocycles. The van der Waals surface area contributed by atoms with E-state index in [0.717, 1.165) is 16.7 Å². The number of phenolic OH excluding ortho intramolecular Hbond substituents is 1. The molecule has 142 valence electrons. The molecule has 0 fully saturated rings. The molecule has 0 radical (unpaired) electrons. The maximum Gasteiger partial charge on any atom is 0.338 e. The number of nitrogens with zero attached hydrogens (tertiary/aromatic N) is 1. The Morgan fingerprint density at radius 2 is 1.93 bits per heavy atom. The molecule has 0 saturated heterocycles. The Kier molecular flexibility index (Phi) is 5.37. The fraction of sp³-hybridized carbons (Fsp3) is 0.182.